The summed E-state index contributed by atoms with van der Waals surface area (Å²) in [5.74, 6) is 0.295. The number of nitrogens with one attached hydrogen (secondary N) is 2. The van der Waals surface area contributed by atoms with Crippen LogP contribution >= 0.6 is 0 Å². The van der Waals surface area contributed by atoms with Gasteiger partial charge < -0.3 is 24.9 Å². The van der Waals surface area contributed by atoms with Crippen molar-refractivity contribution in [3.05, 3.63) is 48.8 Å². The van der Waals surface area contributed by atoms with Crippen LogP contribution in [0.1, 0.15) is 19.3 Å². The maximum atomic E-state index is 13.2. The average molecular weight is 566 g/mol. The molecule has 3 aromatic rings. The number of piperidine rings is 1. The van der Waals surface area contributed by atoms with E-state index in [0.29, 0.717) is 55.7 Å². The molecule has 5 N–H and O–H groups in total. The highest BCUT2D eigenvalue weighted by molar-refractivity contribution is 7.89. The van der Waals surface area contributed by atoms with Gasteiger partial charge in [-0.25, -0.2) is 22.0 Å². The molecule has 0 bridgehead atoms. The number of aromatic nitrogens is 2. The van der Waals surface area contributed by atoms with Crippen LogP contribution in [0.25, 0.3) is 11.0 Å². The van der Waals surface area contributed by atoms with Crippen LogP contribution < -0.4 is 15.2 Å². The number of ether oxygens (including phenoxy) is 2. The van der Waals surface area contributed by atoms with E-state index >= 15 is 0 Å². The summed E-state index contributed by atoms with van der Waals surface area (Å²) in [6, 6.07) is 9.20. The van der Waals surface area contributed by atoms with E-state index in [2.05, 4.69) is 15.3 Å². The molecule has 0 aliphatic carbocycles. The van der Waals surface area contributed by atoms with Crippen LogP contribution in [0.5, 0.6) is 5.75 Å². The highest BCUT2D eigenvalue weighted by Crippen LogP contribution is 2.37. The molecule has 38 heavy (non-hydrogen) atoms. The van der Waals surface area contributed by atoms with Gasteiger partial charge in [-0.15, -0.1) is 0 Å². The molecule has 12 nitrogen and oxygen atoms in total. The van der Waals surface area contributed by atoms with Crippen molar-refractivity contribution in [2.75, 3.05) is 32.8 Å². The second-order valence-corrected chi connectivity index (χ2v) is 13.3. The van der Waals surface area contributed by atoms with Crippen molar-refractivity contribution in [2.45, 2.75) is 46.8 Å². The van der Waals surface area contributed by atoms with Gasteiger partial charge >= 0.3 is 0 Å². The summed E-state index contributed by atoms with van der Waals surface area (Å²) in [6.45, 7) is 1.39. The quantitative estimate of drug-likeness (QED) is 0.288. The van der Waals surface area contributed by atoms with Gasteiger partial charge in [-0.2, -0.15) is 4.31 Å². The number of aromatic amines is 1. The van der Waals surface area contributed by atoms with E-state index < -0.39 is 31.8 Å². The Kier molecular flexibility index (Phi) is 7.48. The normalized spacial score (nSPS) is 21.2. The molecule has 2 atom stereocenters. The first kappa shape index (κ1) is 27.0. The number of H-pyrrole nitrogens is 1. The SMILES string of the molecule is NS(=O)(=O)c1cccc(OC[C@@H](O)CN[C@H]2COC3(CCN(S(=O)(=O)c4cnc5cc[nH]c5c4)CC3)C2)c1. The van der Waals surface area contributed by atoms with E-state index in [1.54, 1.807) is 24.4 Å². The van der Waals surface area contributed by atoms with Gasteiger partial charge in [0.05, 0.1) is 28.1 Å². The first-order valence-electron chi connectivity index (χ1n) is 12.3. The van der Waals surface area contributed by atoms with Crippen LogP contribution in [0.4, 0.5) is 0 Å². The molecule has 0 saturated carbocycles. The van der Waals surface area contributed by atoms with E-state index in [9.17, 15) is 21.9 Å². The predicted octanol–water partition coefficient (Wildman–Crippen LogP) is 0.552. The summed E-state index contributed by atoms with van der Waals surface area (Å²) in [5, 5.41) is 18.8. The molecule has 206 valence electrons. The minimum Gasteiger partial charge on any atom is -0.491 e. The lowest BCUT2D eigenvalue weighted by Crippen LogP contribution is -2.47. The van der Waals surface area contributed by atoms with Crippen molar-refractivity contribution < 1.29 is 31.4 Å². The van der Waals surface area contributed by atoms with Crippen molar-refractivity contribution in [1.29, 1.82) is 0 Å². The third kappa shape index (κ3) is 5.86. The third-order valence-corrected chi connectivity index (χ3v) is 9.85. The fourth-order valence-electron chi connectivity index (χ4n) is 4.96. The molecular weight excluding hydrogens is 534 g/mol. The van der Waals surface area contributed by atoms with Crippen molar-refractivity contribution in [3.63, 3.8) is 0 Å². The van der Waals surface area contributed by atoms with Crippen LogP contribution in [-0.4, -0.2) is 86.8 Å². The van der Waals surface area contributed by atoms with Gasteiger partial charge in [-0.3, -0.25) is 4.98 Å². The molecule has 1 aromatic carbocycles. The number of benzene rings is 1. The molecule has 2 saturated heterocycles. The zero-order valence-electron chi connectivity index (χ0n) is 20.6. The zero-order valence-corrected chi connectivity index (χ0v) is 22.2. The van der Waals surface area contributed by atoms with Crippen molar-refractivity contribution in [2.24, 2.45) is 5.14 Å². The number of nitrogens with two attached hydrogens (primary N) is 1. The molecular formula is C24H31N5O7S2. The Labute approximate surface area is 221 Å². The summed E-state index contributed by atoms with van der Waals surface area (Å²) < 4.78 is 62.4. The van der Waals surface area contributed by atoms with Crippen molar-refractivity contribution in [1.82, 2.24) is 19.6 Å². The number of rotatable bonds is 9. The van der Waals surface area contributed by atoms with E-state index in [4.69, 9.17) is 14.6 Å². The summed E-state index contributed by atoms with van der Waals surface area (Å²) in [7, 11) is -7.50. The Morgan fingerprint density at radius 3 is 2.76 bits per heavy atom. The lowest BCUT2D eigenvalue weighted by atomic mass is 9.88. The number of aliphatic hydroxyl groups excluding tert-OH is 1. The number of hydrogen-bond donors (Lipinski definition) is 4. The first-order chi connectivity index (χ1) is 18.0. The Bertz CT molecular complexity index is 1500. The van der Waals surface area contributed by atoms with Crippen LogP contribution in [0, 0.1) is 0 Å². The van der Waals surface area contributed by atoms with E-state index in [1.165, 1.54) is 28.7 Å². The van der Waals surface area contributed by atoms with Gasteiger partial charge in [0.15, 0.2) is 0 Å². The summed E-state index contributed by atoms with van der Waals surface area (Å²) in [5.41, 5.74) is 0.991. The lowest BCUT2D eigenvalue weighted by molar-refractivity contribution is -0.0312. The van der Waals surface area contributed by atoms with Crippen molar-refractivity contribution in [3.8, 4) is 5.75 Å². The van der Waals surface area contributed by atoms with Gasteiger partial charge in [0.25, 0.3) is 0 Å². The Morgan fingerprint density at radius 1 is 1.21 bits per heavy atom. The van der Waals surface area contributed by atoms with Gasteiger partial charge in [0, 0.05) is 44.1 Å². The maximum absolute atomic E-state index is 13.2. The molecule has 2 fully saturated rings. The molecule has 0 radical (unpaired) electrons. The Hall–Kier alpha value is -2.59. The molecule has 5 rings (SSSR count). The zero-order chi connectivity index (χ0) is 27.0. The first-order valence-corrected chi connectivity index (χ1v) is 15.3. The van der Waals surface area contributed by atoms with E-state index in [-0.39, 0.29) is 29.0 Å². The van der Waals surface area contributed by atoms with Gasteiger partial charge in [0.1, 0.15) is 23.4 Å². The minimum absolute atomic E-state index is 0.0120. The molecule has 4 heterocycles. The second kappa shape index (κ2) is 10.5. The van der Waals surface area contributed by atoms with E-state index in [0.717, 1.165) is 0 Å². The predicted molar refractivity (Wildman–Crippen MR) is 138 cm³/mol. The summed E-state index contributed by atoms with van der Waals surface area (Å²) in [4.78, 5) is 7.34. The smallest absolute Gasteiger partial charge is 0.244 e. The highest BCUT2D eigenvalue weighted by atomic mass is 32.2. The number of fused-ring (bicyclic) bond motifs is 1. The fourth-order valence-corrected chi connectivity index (χ4v) is 6.92. The molecule has 2 aromatic heterocycles. The lowest BCUT2D eigenvalue weighted by Gasteiger charge is -2.38. The number of nitrogens with zero attached hydrogens (tertiary/aromatic N) is 2. The molecule has 0 unspecified atom stereocenters. The Balaban J connectivity index is 1.09. The molecule has 2 aliphatic heterocycles. The maximum Gasteiger partial charge on any atom is 0.244 e. The number of pyridine rings is 1. The van der Waals surface area contributed by atoms with Gasteiger partial charge in [-0.1, -0.05) is 6.07 Å². The van der Waals surface area contributed by atoms with Crippen LogP contribution in [0.3, 0.4) is 0 Å². The van der Waals surface area contributed by atoms with Crippen LogP contribution in [0.15, 0.2) is 58.6 Å². The van der Waals surface area contributed by atoms with Crippen LogP contribution in [-0.2, 0) is 24.8 Å². The number of aliphatic hydroxyl groups is 1. The number of primary sulfonamides is 1. The standard InChI is InChI=1S/C24H31N5O7S2/c25-37(31,32)20-3-1-2-19(10-20)35-16-18(30)13-27-17-12-24(36-15-17)5-8-29(9-6-24)38(33,34)21-11-23-22(28-14-21)4-7-26-23/h1-4,7,10-11,14,17-18,26-27,30H,5-6,8-9,12-13,15-16H2,(H2,25,31,32)/t17-,18+/m1/s1. The largest absolute Gasteiger partial charge is 0.491 e. The third-order valence-electron chi connectivity index (χ3n) is 7.07. The molecule has 14 heteroatoms. The summed E-state index contributed by atoms with van der Waals surface area (Å²) >= 11 is 0. The molecule has 1 spiro atoms. The number of hydrogen-bond acceptors (Lipinski definition) is 9. The molecule has 2 aliphatic rings. The second-order valence-electron chi connectivity index (χ2n) is 9.77. The fraction of sp³-hybridized carbons (Fsp3) is 0.458. The van der Waals surface area contributed by atoms with Crippen molar-refractivity contribution >= 4 is 31.1 Å². The Morgan fingerprint density at radius 2 is 2.00 bits per heavy atom. The van der Waals surface area contributed by atoms with Gasteiger partial charge in [-0.05, 0) is 43.5 Å². The topological polar surface area (TPSA) is 177 Å². The van der Waals surface area contributed by atoms with Crippen LogP contribution in [0.2, 0.25) is 0 Å². The van der Waals surface area contributed by atoms with Gasteiger partial charge in [0.2, 0.25) is 20.0 Å². The van der Waals surface area contributed by atoms with E-state index in [1.807, 2.05) is 0 Å². The molecule has 0 amide bonds. The monoisotopic (exact) mass is 565 g/mol. The minimum atomic E-state index is -3.84. The summed E-state index contributed by atoms with van der Waals surface area (Å²) in [6.07, 6.45) is 4.16. The average Bonchev–Trinajstić information content (AvgIpc) is 3.53. The highest BCUT2D eigenvalue weighted by Gasteiger charge is 2.44. The number of sulfonamides is 2.